The van der Waals surface area contributed by atoms with Crippen LogP contribution in [0.25, 0.3) is 10.8 Å². The zero-order chi connectivity index (χ0) is 29.8. The molecule has 0 unspecified atom stereocenters. The maximum atomic E-state index is 12.6. The van der Waals surface area contributed by atoms with Gasteiger partial charge in [0, 0.05) is 41.7 Å². The number of anilines is 2. The van der Waals surface area contributed by atoms with E-state index in [2.05, 4.69) is 39.0 Å². The average Bonchev–Trinajstić information content (AvgIpc) is 3.55. The molecule has 3 aliphatic heterocycles. The zero-order valence-electron chi connectivity index (χ0n) is 25.0. The molecule has 1 aromatic heterocycles. The van der Waals surface area contributed by atoms with Gasteiger partial charge in [0.05, 0.1) is 28.1 Å². The molecule has 10 heteroatoms. The lowest BCUT2D eigenvalue weighted by atomic mass is 9.90. The fourth-order valence-electron chi connectivity index (χ4n) is 7.75. The Hall–Kier alpha value is -2.88. The number of fused-ring (bicyclic) bond motifs is 3. The van der Waals surface area contributed by atoms with Crippen molar-refractivity contribution >= 4 is 43.7 Å². The summed E-state index contributed by atoms with van der Waals surface area (Å²) in [6.07, 6.45) is 8.32. The highest BCUT2D eigenvalue weighted by Crippen LogP contribution is 2.41. The van der Waals surface area contributed by atoms with Crippen LogP contribution < -0.4 is 14.5 Å². The fraction of sp³-hybridized carbons (Fsp3) is 0.515. The fourth-order valence-corrected chi connectivity index (χ4v) is 9.61. The standard InChI is InChI=1S/C33H40ClN5O3S/c1-3-18-43(40,41)25-19-24(20-25)37(2)31-26-12-17-38(29-11-5-9-23-8-4-10-27(34)30(23)29)21-28(26)35-32(36-31)42-22-33-13-6-15-39(33)16-7-14-33/h3-5,8-11,18,24-25H,6-7,12-17,19-22H2,1-2H3/b18-3+. The minimum absolute atomic E-state index is 0.0966. The summed E-state index contributed by atoms with van der Waals surface area (Å²) in [6.45, 7) is 6.07. The van der Waals surface area contributed by atoms with Crippen LogP contribution in [0.4, 0.5) is 11.5 Å². The number of nitrogens with zero attached hydrogens (tertiary/aromatic N) is 5. The predicted molar refractivity (Wildman–Crippen MR) is 173 cm³/mol. The van der Waals surface area contributed by atoms with Crippen LogP contribution in [0, 0.1) is 0 Å². The Kier molecular flexibility index (Phi) is 7.54. The second-order valence-corrected chi connectivity index (χ2v) is 15.2. The molecule has 4 heterocycles. The van der Waals surface area contributed by atoms with Gasteiger partial charge in [0.25, 0.3) is 0 Å². The topological polar surface area (TPSA) is 78.9 Å². The van der Waals surface area contributed by atoms with E-state index in [0.717, 1.165) is 77.5 Å². The molecule has 3 fully saturated rings. The number of benzene rings is 2. The minimum Gasteiger partial charge on any atom is -0.461 e. The van der Waals surface area contributed by atoms with Gasteiger partial charge < -0.3 is 14.5 Å². The van der Waals surface area contributed by atoms with Gasteiger partial charge in [-0.3, -0.25) is 4.90 Å². The minimum atomic E-state index is -3.22. The number of halogens is 1. The molecular formula is C33H40ClN5O3S. The summed E-state index contributed by atoms with van der Waals surface area (Å²) >= 11 is 6.71. The molecule has 43 heavy (non-hydrogen) atoms. The molecule has 0 radical (unpaired) electrons. The number of hydrogen-bond donors (Lipinski definition) is 0. The summed E-state index contributed by atoms with van der Waals surface area (Å²) in [5.74, 6) is 0.870. The lowest BCUT2D eigenvalue weighted by molar-refractivity contribution is 0.107. The Morgan fingerprint density at radius 2 is 1.84 bits per heavy atom. The first-order valence-electron chi connectivity index (χ1n) is 15.6. The molecule has 2 aromatic carbocycles. The highest BCUT2D eigenvalue weighted by atomic mass is 35.5. The van der Waals surface area contributed by atoms with Crippen LogP contribution in [-0.2, 0) is 22.8 Å². The van der Waals surface area contributed by atoms with Crippen molar-refractivity contribution in [3.05, 3.63) is 64.2 Å². The van der Waals surface area contributed by atoms with Crippen LogP contribution in [0.3, 0.4) is 0 Å². The molecule has 1 aliphatic carbocycles. The first kappa shape index (κ1) is 28.9. The van der Waals surface area contributed by atoms with Crippen LogP contribution >= 0.6 is 11.6 Å². The van der Waals surface area contributed by atoms with E-state index >= 15 is 0 Å². The SMILES string of the molecule is C/C=C/S(=O)(=O)C1CC(N(C)c2nc(OCC34CCCN3CCC4)nc3c2CCN(c2cccc4cccc(Cl)c24)C3)C1. The number of hydrogen-bond acceptors (Lipinski definition) is 8. The van der Waals surface area contributed by atoms with Gasteiger partial charge in [0.1, 0.15) is 12.4 Å². The molecule has 0 amide bonds. The van der Waals surface area contributed by atoms with Crippen molar-refractivity contribution in [2.24, 2.45) is 0 Å². The molecule has 0 N–H and O–H groups in total. The summed E-state index contributed by atoms with van der Waals surface area (Å²) < 4.78 is 31.7. The van der Waals surface area contributed by atoms with Crippen molar-refractivity contribution < 1.29 is 13.2 Å². The average molecular weight is 622 g/mol. The van der Waals surface area contributed by atoms with Gasteiger partial charge >= 0.3 is 6.01 Å². The molecule has 0 spiro atoms. The monoisotopic (exact) mass is 621 g/mol. The Morgan fingerprint density at radius 1 is 1.09 bits per heavy atom. The summed E-state index contributed by atoms with van der Waals surface area (Å²) in [4.78, 5) is 17.2. The normalized spacial score (nSPS) is 23.4. The first-order chi connectivity index (χ1) is 20.8. The van der Waals surface area contributed by atoms with Crippen LogP contribution in [0.1, 0.15) is 56.7 Å². The number of ether oxygens (including phenoxy) is 1. The van der Waals surface area contributed by atoms with E-state index in [1.54, 1.807) is 13.0 Å². The van der Waals surface area contributed by atoms with Gasteiger partial charge in [-0.2, -0.15) is 9.97 Å². The summed E-state index contributed by atoms with van der Waals surface area (Å²) in [7, 11) is -1.18. The van der Waals surface area contributed by atoms with E-state index in [9.17, 15) is 8.42 Å². The lowest BCUT2D eigenvalue weighted by Crippen LogP contribution is -2.49. The van der Waals surface area contributed by atoms with Gasteiger partial charge in [-0.15, -0.1) is 0 Å². The molecule has 3 aromatic rings. The van der Waals surface area contributed by atoms with E-state index in [0.29, 0.717) is 32.0 Å². The van der Waals surface area contributed by atoms with E-state index < -0.39 is 9.84 Å². The Labute approximate surface area is 259 Å². The molecule has 2 saturated heterocycles. The number of rotatable bonds is 8. The van der Waals surface area contributed by atoms with Crippen molar-refractivity contribution in [3.63, 3.8) is 0 Å². The van der Waals surface area contributed by atoms with Crippen molar-refractivity contribution in [1.82, 2.24) is 14.9 Å². The van der Waals surface area contributed by atoms with Crippen LogP contribution in [0.15, 0.2) is 47.9 Å². The summed E-state index contributed by atoms with van der Waals surface area (Å²) in [6, 6.07) is 12.9. The van der Waals surface area contributed by atoms with Gasteiger partial charge in [0.2, 0.25) is 0 Å². The number of allylic oxidation sites excluding steroid dienone is 1. The van der Waals surface area contributed by atoms with Crippen LogP contribution in [0.5, 0.6) is 6.01 Å². The smallest absolute Gasteiger partial charge is 0.318 e. The molecule has 4 aliphatic rings. The first-order valence-corrected chi connectivity index (χ1v) is 17.6. The second kappa shape index (κ2) is 11.2. The molecule has 0 bridgehead atoms. The molecule has 7 rings (SSSR count). The van der Waals surface area contributed by atoms with Gasteiger partial charge in [0.15, 0.2) is 9.84 Å². The van der Waals surface area contributed by atoms with Crippen molar-refractivity contribution in [1.29, 1.82) is 0 Å². The Bertz CT molecular complexity index is 1660. The van der Waals surface area contributed by atoms with E-state index in [1.807, 2.05) is 19.2 Å². The summed E-state index contributed by atoms with van der Waals surface area (Å²) in [5.41, 5.74) is 3.29. The highest BCUT2D eigenvalue weighted by Gasteiger charge is 2.45. The van der Waals surface area contributed by atoms with Gasteiger partial charge in [-0.25, -0.2) is 8.42 Å². The van der Waals surface area contributed by atoms with Crippen LogP contribution in [-0.4, -0.2) is 73.4 Å². The highest BCUT2D eigenvalue weighted by molar-refractivity contribution is 7.94. The third-order valence-electron chi connectivity index (χ3n) is 10.2. The molecule has 1 saturated carbocycles. The predicted octanol–water partition coefficient (Wildman–Crippen LogP) is 5.77. The third-order valence-corrected chi connectivity index (χ3v) is 12.5. The second-order valence-electron chi connectivity index (χ2n) is 12.7. The number of aromatic nitrogens is 2. The van der Waals surface area contributed by atoms with Crippen LogP contribution in [0.2, 0.25) is 5.02 Å². The Balaban J connectivity index is 1.20. The van der Waals surface area contributed by atoms with Crippen molar-refractivity contribution in [3.8, 4) is 6.01 Å². The molecular weight excluding hydrogens is 582 g/mol. The Morgan fingerprint density at radius 3 is 2.58 bits per heavy atom. The molecule has 8 nitrogen and oxygen atoms in total. The number of sulfone groups is 1. The van der Waals surface area contributed by atoms with Crippen molar-refractivity contribution in [2.75, 3.05) is 43.1 Å². The molecule has 0 atom stereocenters. The largest absolute Gasteiger partial charge is 0.461 e. The third kappa shape index (κ3) is 5.17. The zero-order valence-corrected chi connectivity index (χ0v) is 26.6. The van der Waals surface area contributed by atoms with E-state index in [4.69, 9.17) is 26.3 Å². The lowest BCUT2D eigenvalue weighted by Gasteiger charge is -2.42. The maximum Gasteiger partial charge on any atom is 0.318 e. The summed E-state index contributed by atoms with van der Waals surface area (Å²) in [5, 5.41) is 3.92. The van der Waals surface area contributed by atoms with E-state index in [-0.39, 0.29) is 16.8 Å². The maximum absolute atomic E-state index is 12.6. The quantitative estimate of drug-likeness (QED) is 0.314. The van der Waals surface area contributed by atoms with Gasteiger partial charge in [-0.05, 0) is 82.5 Å². The molecule has 228 valence electrons. The van der Waals surface area contributed by atoms with Gasteiger partial charge in [-0.1, -0.05) is 41.9 Å². The van der Waals surface area contributed by atoms with Crippen molar-refractivity contribution in [2.45, 2.75) is 75.2 Å². The van der Waals surface area contributed by atoms with E-state index in [1.165, 1.54) is 18.2 Å².